The molecular formula is C13H15BrN4. The first-order valence-corrected chi connectivity index (χ1v) is 6.91. The highest BCUT2D eigenvalue weighted by molar-refractivity contribution is 9.10. The van der Waals surface area contributed by atoms with Crippen LogP contribution in [0.3, 0.4) is 0 Å². The first kappa shape index (κ1) is 11.9. The van der Waals surface area contributed by atoms with E-state index in [1.807, 2.05) is 24.0 Å². The van der Waals surface area contributed by atoms with E-state index in [1.54, 1.807) is 6.20 Å². The van der Waals surface area contributed by atoms with E-state index < -0.39 is 0 Å². The maximum atomic E-state index is 4.38. The first-order valence-electron chi connectivity index (χ1n) is 6.12. The minimum absolute atomic E-state index is 0.698. The second kappa shape index (κ2) is 4.82. The summed E-state index contributed by atoms with van der Waals surface area (Å²) in [4.78, 5) is 4.38. The quantitative estimate of drug-likeness (QED) is 0.944. The van der Waals surface area contributed by atoms with E-state index >= 15 is 0 Å². The van der Waals surface area contributed by atoms with Gasteiger partial charge in [0.25, 0.3) is 0 Å². The minimum Gasteiger partial charge on any atom is -0.310 e. The van der Waals surface area contributed by atoms with Crippen LogP contribution in [0.5, 0.6) is 0 Å². The molecule has 4 nitrogen and oxygen atoms in total. The Hall–Kier alpha value is -1.20. The Labute approximate surface area is 115 Å². The van der Waals surface area contributed by atoms with Crippen molar-refractivity contribution in [1.82, 2.24) is 20.1 Å². The Morgan fingerprint density at radius 2 is 2.28 bits per heavy atom. The second-order valence-corrected chi connectivity index (χ2v) is 5.63. The minimum atomic E-state index is 0.698. The van der Waals surface area contributed by atoms with Crippen LogP contribution < -0.4 is 5.32 Å². The molecule has 2 aromatic rings. The molecule has 1 N–H and O–H groups in total. The van der Waals surface area contributed by atoms with Gasteiger partial charge in [0.1, 0.15) is 0 Å². The molecule has 18 heavy (non-hydrogen) atoms. The molecule has 94 valence electrons. The predicted molar refractivity (Wildman–Crippen MR) is 73.7 cm³/mol. The molecule has 0 aliphatic heterocycles. The van der Waals surface area contributed by atoms with Gasteiger partial charge < -0.3 is 5.32 Å². The summed E-state index contributed by atoms with van der Waals surface area (Å²) in [5.41, 5.74) is 3.29. The van der Waals surface area contributed by atoms with E-state index in [0.717, 1.165) is 22.4 Å². The SMILES string of the molecule is Cc1cc(-n2cc(Br)cn2)c(CNC2CC2)cn1. The summed E-state index contributed by atoms with van der Waals surface area (Å²) >= 11 is 3.43. The van der Waals surface area contributed by atoms with Gasteiger partial charge >= 0.3 is 0 Å². The molecule has 1 aliphatic rings. The smallest absolute Gasteiger partial charge is 0.0724 e. The summed E-state index contributed by atoms with van der Waals surface area (Å²) < 4.78 is 2.88. The standard InChI is InChI=1S/C13H15BrN4/c1-9-4-13(18-8-11(14)7-17-18)10(5-15-9)6-16-12-2-3-12/h4-5,7-8,12,16H,2-3,6H2,1H3. The molecule has 0 aromatic carbocycles. The molecule has 2 aromatic heterocycles. The summed E-state index contributed by atoms with van der Waals surface area (Å²) in [6.07, 6.45) is 8.29. The Morgan fingerprint density at radius 3 is 2.94 bits per heavy atom. The lowest BCUT2D eigenvalue weighted by Gasteiger charge is -2.10. The van der Waals surface area contributed by atoms with Crippen LogP contribution in [0.4, 0.5) is 0 Å². The monoisotopic (exact) mass is 306 g/mol. The molecule has 2 heterocycles. The van der Waals surface area contributed by atoms with E-state index in [1.165, 1.54) is 18.4 Å². The van der Waals surface area contributed by atoms with Gasteiger partial charge in [0, 0.05) is 36.2 Å². The summed E-state index contributed by atoms with van der Waals surface area (Å²) in [5.74, 6) is 0. The zero-order chi connectivity index (χ0) is 12.5. The van der Waals surface area contributed by atoms with Gasteiger partial charge in [-0.3, -0.25) is 4.98 Å². The van der Waals surface area contributed by atoms with Crippen molar-refractivity contribution in [2.75, 3.05) is 0 Å². The van der Waals surface area contributed by atoms with Crippen LogP contribution in [0.2, 0.25) is 0 Å². The van der Waals surface area contributed by atoms with E-state index in [-0.39, 0.29) is 0 Å². The number of nitrogens with one attached hydrogen (secondary N) is 1. The maximum absolute atomic E-state index is 4.38. The molecule has 1 aliphatic carbocycles. The molecular weight excluding hydrogens is 292 g/mol. The van der Waals surface area contributed by atoms with Crippen molar-refractivity contribution in [3.05, 3.63) is 40.4 Å². The third kappa shape index (κ3) is 2.62. The fourth-order valence-corrected chi connectivity index (χ4v) is 2.18. The first-order chi connectivity index (χ1) is 8.72. The van der Waals surface area contributed by atoms with E-state index in [4.69, 9.17) is 0 Å². The zero-order valence-electron chi connectivity index (χ0n) is 10.2. The largest absolute Gasteiger partial charge is 0.310 e. The maximum Gasteiger partial charge on any atom is 0.0724 e. The molecule has 0 bridgehead atoms. The number of hydrogen-bond donors (Lipinski definition) is 1. The van der Waals surface area contributed by atoms with Gasteiger partial charge in [-0.15, -0.1) is 0 Å². The average molecular weight is 307 g/mol. The number of aromatic nitrogens is 3. The number of halogens is 1. The number of pyridine rings is 1. The van der Waals surface area contributed by atoms with E-state index in [2.05, 4.69) is 37.4 Å². The van der Waals surface area contributed by atoms with Crippen molar-refractivity contribution in [1.29, 1.82) is 0 Å². The molecule has 0 radical (unpaired) electrons. The van der Waals surface area contributed by atoms with Crippen LogP contribution in [-0.2, 0) is 6.54 Å². The van der Waals surface area contributed by atoms with Crippen molar-refractivity contribution in [2.45, 2.75) is 32.4 Å². The van der Waals surface area contributed by atoms with Crippen LogP contribution in [0, 0.1) is 6.92 Å². The topological polar surface area (TPSA) is 42.7 Å². The van der Waals surface area contributed by atoms with Gasteiger partial charge in [-0.2, -0.15) is 5.10 Å². The molecule has 0 spiro atoms. The van der Waals surface area contributed by atoms with Crippen molar-refractivity contribution in [2.24, 2.45) is 0 Å². The Kier molecular flexibility index (Phi) is 3.18. The predicted octanol–water partition coefficient (Wildman–Crippen LogP) is 2.59. The molecule has 0 saturated heterocycles. The van der Waals surface area contributed by atoms with Crippen molar-refractivity contribution < 1.29 is 0 Å². The normalized spacial score (nSPS) is 15.0. The average Bonchev–Trinajstić information content (AvgIpc) is 3.09. The fourth-order valence-electron chi connectivity index (χ4n) is 1.90. The molecule has 3 rings (SSSR count). The van der Waals surface area contributed by atoms with Gasteiger partial charge in [-0.25, -0.2) is 4.68 Å². The summed E-state index contributed by atoms with van der Waals surface area (Å²) in [6.45, 7) is 2.85. The molecule has 0 amide bonds. The van der Waals surface area contributed by atoms with Crippen LogP contribution in [0.1, 0.15) is 24.1 Å². The third-order valence-corrected chi connectivity index (χ3v) is 3.46. The molecule has 5 heteroatoms. The van der Waals surface area contributed by atoms with Crippen LogP contribution in [0.25, 0.3) is 5.69 Å². The van der Waals surface area contributed by atoms with Crippen LogP contribution in [0.15, 0.2) is 29.1 Å². The van der Waals surface area contributed by atoms with Crippen LogP contribution in [-0.4, -0.2) is 20.8 Å². The lowest BCUT2D eigenvalue weighted by Crippen LogP contribution is -2.17. The summed E-state index contributed by atoms with van der Waals surface area (Å²) in [7, 11) is 0. The Morgan fingerprint density at radius 1 is 1.44 bits per heavy atom. The lowest BCUT2D eigenvalue weighted by atomic mass is 10.2. The number of hydrogen-bond acceptors (Lipinski definition) is 3. The van der Waals surface area contributed by atoms with E-state index in [0.29, 0.717) is 6.04 Å². The summed E-state index contributed by atoms with van der Waals surface area (Å²) in [6, 6.07) is 2.77. The van der Waals surface area contributed by atoms with Crippen LogP contribution >= 0.6 is 15.9 Å². The van der Waals surface area contributed by atoms with Gasteiger partial charge in [0.2, 0.25) is 0 Å². The van der Waals surface area contributed by atoms with Crippen molar-refractivity contribution in [3.63, 3.8) is 0 Å². The van der Waals surface area contributed by atoms with Gasteiger partial charge in [-0.05, 0) is 41.8 Å². The molecule has 0 unspecified atom stereocenters. The van der Waals surface area contributed by atoms with Crippen molar-refractivity contribution in [3.8, 4) is 5.69 Å². The lowest BCUT2D eigenvalue weighted by molar-refractivity contribution is 0.678. The highest BCUT2D eigenvalue weighted by Crippen LogP contribution is 2.21. The molecule has 1 saturated carbocycles. The van der Waals surface area contributed by atoms with E-state index in [9.17, 15) is 0 Å². The summed E-state index contributed by atoms with van der Waals surface area (Å²) in [5, 5.41) is 7.86. The molecule has 0 atom stereocenters. The highest BCUT2D eigenvalue weighted by atomic mass is 79.9. The third-order valence-electron chi connectivity index (χ3n) is 3.06. The number of aryl methyl sites for hydroxylation is 1. The second-order valence-electron chi connectivity index (χ2n) is 4.71. The number of nitrogens with zero attached hydrogens (tertiary/aromatic N) is 3. The Balaban J connectivity index is 1.91. The molecule has 1 fully saturated rings. The van der Waals surface area contributed by atoms with Gasteiger partial charge in [-0.1, -0.05) is 0 Å². The zero-order valence-corrected chi connectivity index (χ0v) is 11.8. The van der Waals surface area contributed by atoms with Gasteiger partial charge in [0.05, 0.1) is 16.4 Å². The number of rotatable bonds is 4. The highest BCUT2D eigenvalue weighted by Gasteiger charge is 2.20. The fraction of sp³-hybridized carbons (Fsp3) is 0.385. The van der Waals surface area contributed by atoms with Crippen molar-refractivity contribution >= 4 is 15.9 Å². The Bertz CT molecular complexity index is 560. The van der Waals surface area contributed by atoms with Gasteiger partial charge in [0.15, 0.2) is 0 Å².